The highest BCUT2D eigenvalue weighted by molar-refractivity contribution is 7.89. The van der Waals surface area contributed by atoms with Gasteiger partial charge in [0.05, 0.1) is 6.04 Å². The molecule has 8 heteroatoms. The van der Waals surface area contributed by atoms with Crippen molar-refractivity contribution in [3.05, 3.63) is 53.5 Å². The van der Waals surface area contributed by atoms with E-state index in [-0.39, 0.29) is 22.7 Å². The Morgan fingerprint density at radius 2 is 1.73 bits per heavy atom. The Morgan fingerprint density at radius 1 is 1.15 bits per heavy atom. The first-order valence-corrected chi connectivity index (χ1v) is 9.55. The van der Waals surface area contributed by atoms with E-state index in [0.29, 0.717) is 0 Å². The summed E-state index contributed by atoms with van der Waals surface area (Å²) in [7, 11) is -2.29. The number of benzene rings is 1. The van der Waals surface area contributed by atoms with E-state index in [4.69, 9.17) is 4.42 Å². The van der Waals surface area contributed by atoms with E-state index in [1.165, 1.54) is 29.2 Å². The topological polar surface area (TPSA) is 79.6 Å². The fourth-order valence-corrected chi connectivity index (χ4v) is 3.70. The molecule has 1 unspecified atom stereocenters. The smallest absolute Gasteiger partial charge is 0.289 e. The van der Waals surface area contributed by atoms with E-state index < -0.39 is 21.5 Å². The molecule has 2 aromatic rings. The minimum absolute atomic E-state index is 0.0873. The van der Waals surface area contributed by atoms with Crippen molar-refractivity contribution in [3.63, 3.8) is 0 Å². The van der Waals surface area contributed by atoms with Crippen LogP contribution in [0.5, 0.6) is 0 Å². The zero-order chi connectivity index (χ0) is 19.7. The standard InChI is InChI=1S/C18H23FN2O4S/c1-12(13-6-8-14(19)9-7-13)21(5)17(22)15-10-11-16(25-15)26(23,24)20-18(2,3)4/h6-12,20H,1-5H3. The van der Waals surface area contributed by atoms with Gasteiger partial charge in [-0.05, 0) is 57.5 Å². The van der Waals surface area contributed by atoms with Crippen LogP contribution in [-0.4, -0.2) is 31.8 Å². The Bertz CT molecular complexity index is 883. The van der Waals surface area contributed by atoms with Gasteiger partial charge >= 0.3 is 0 Å². The second-order valence-corrected chi connectivity index (χ2v) is 8.73. The first-order valence-electron chi connectivity index (χ1n) is 8.07. The summed E-state index contributed by atoms with van der Waals surface area (Å²) in [6, 6.07) is 8.05. The summed E-state index contributed by atoms with van der Waals surface area (Å²) >= 11 is 0. The lowest BCUT2D eigenvalue weighted by Crippen LogP contribution is -2.40. The van der Waals surface area contributed by atoms with Gasteiger partial charge in [0.1, 0.15) is 5.82 Å². The number of hydrogen-bond acceptors (Lipinski definition) is 4. The van der Waals surface area contributed by atoms with E-state index in [2.05, 4.69) is 4.72 Å². The SMILES string of the molecule is CC(c1ccc(F)cc1)N(C)C(=O)c1ccc(S(=O)(=O)NC(C)(C)C)o1. The maximum absolute atomic E-state index is 13.0. The highest BCUT2D eigenvalue weighted by atomic mass is 32.2. The van der Waals surface area contributed by atoms with Crippen molar-refractivity contribution in [2.45, 2.75) is 44.4 Å². The van der Waals surface area contributed by atoms with Gasteiger partial charge in [-0.1, -0.05) is 12.1 Å². The van der Waals surface area contributed by atoms with Crippen molar-refractivity contribution in [3.8, 4) is 0 Å². The molecule has 1 aromatic heterocycles. The normalized spacial score (nSPS) is 13.5. The number of hydrogen-bond donors (Lipinski definition) is 1. The molecular formula is C18H23FN2O4S. The number of furan rings is 1. The molecule has 0 bridgehead atoms. The third kappa shape index (κ3) is 4.70. The van der Waals surface area contributed by atoms with Gasteiger partial charge in [-0.25, -0.2) is 17.5 Å². The average molecular weight is 382 g/mol. The van der Waals surface area contributed by atoms with Crippen LogP contribution in [0.4, 0.5) is 4.39 Å². The van der Waals surface area contributed by atoms with E-state index in [0.717, 1.165) is 5.56 Å². The lowest BCUT2D eigenvalue weighted by molar-refractivity contribution is 0.0704. The van der Waals surface area contributed by atoms with Crippen LogP contribution in [0.15, 0.2) is 45.9 Å². The first-order chi connectivity index (χ1) is 11.9. The summed E-state index contributed by atoms with van der Waals surface area (Å²) in [6.07, 6.45) is 0. The van der Waals surface area contributed by atoms with Gasteiger partial charge in [0, 0.05) is 12.6 Å². The van der Waals surface area contributed by atoms with Gasteiger partial charge in [0.2, 0.25) is 5.09 Å². The molecule has 1 N–H and O–H groups in total. The van der Waals surface area contributed by atoms with Crippen molar-refractivity contribution in [2.75, 3.05) is 7.05 Å². The van der Waals surface area contributed by atoms with Crippen LogP contribution in [0.25, 0.3) is 0 Å². The Balaban J connectivity index is 2.20. The molecule has 142 valence electrons. The number of nitrogens with zero attached hydrogens (tertiary/aromatic N) is 1. The predicted octanol–water partition coefficient (Wildman–Crippen LogP) is 3.33. The van der Waals surface area contributed by atoms with Crippen molar-refractivity contribution < 1.29 is 22.0 Å². The number of amides is 1. The minimum atomic E-state index is -3.86. The van der Waals surface area contributed by atoms with Crippen LogP contribution < -0.4 is 4.72 Å². The maximum atomic E-state index is 13.0. The molecule has 0 radical (unpaired) electrons. The molecule has 0 saturated carbocycles. The fourth-order valence-electron chi connectivity index (χ4n) is 2.35. The molecule has 0 spiro atoms. The highest BCUT2D eigenvalue weighted by Gasteiger charge is 2.28. The molecular weight excluding hydrogens is 359 g/mol. The molecule has 1 heterocycles. The number of carbonyl (C=O) groups is 1. The summed E-state index contributed by atoms with van der Waals surface area (Å²) in [5.74, 6) is -0.919. The van der Waals surface area contributed by atoms with E-state index in [1.807, 2.05) is 0 Å². The number of rotatable bonds is 5. The molecule has 0 aliphatic rings. The van der Waals surface area contributed by atoms with Gasteiger partial charge in [0.25, 0.3) is 15.9 Å². The summed E-state index contributed by atoms with van der Waals surface area (Å²) < 4.78 is 45.3. The quantitative estimate of drug-likeness (QED) is 0.860. The average Bonchev–Trinajstić information content (AvgIpc) is 3.02. The van der Waals surface area contributed by atoms with Gasteiger partial charge < -0.3 is 9.32 Å². The Labute approximate surface area is 153 Å². The second-order valence-electron chi connectivity index (χ2n) is 7.12. The third-order valence-electron chi connectivity index (χ3n) is 3.75. The largest absolute Gasteiger partial charge is 0.438 e. The highest BCUT2D eigenvalue weighted by Crippen LogP contribution is 2.23. The summed E-state index contributed by atoms with van der Waals surface area (Å²) in [5, 5.41) is -0.321. The van der Waals surface area contributed by atoms with Crippen LogP contribution in [0.2, 0.25) is 0 Å². The zero-order valence-electron chi connectivity index (χ0n) is 15.4. The molecule has 1 amide bonds. The van der Waals surface area contributed by atoms with Crippen LogP contribution in [-0.2, 0) is 10.0 Å². The monoisotopic (exact) mass is 382 g/mol. The number of nitrogens with one attached hydrogen (secondary N) is 1. The van der Waals surface area contributed by atoms with Crippen molar-refractivity contribution in [1.29, 1.82) is 0 Å². The summed E-state index contributed by atoms with van der Waals surface area (Å²) in [4.78, 5) is 14.0. The third-order valence-corrected chi connectivity index (χ3v) is 5.38. The van der Waals surface area contributed by atoms with Gasteiger partial charge in [-0.15, -0.1) is 0 Å². The van der Waals surface area contributed by atoms with Crippen LogP contribution >= 0.6 is 0 Å². The van der Waals surface area contributed by atoms with Crippen LogP contribution in [0.3, 0.4) is 0 Å². The van der Waals surface area contributed by atoms with Crippen LogP contribution in [0, 0.1) is 5.82 Å². The molecule has 1 aromatic carbocycles. The van der Waals surface area contributed by atoms with E-state index >= 15 is 0 Å². The Morgan fingerprint density at radius 3 is 2.27 bits per heavy atom. The van der Waals surface area contributed by atoms with Crippen molar-refractivity contribution >= 4 is 15.9 Å². The summed E-state index contributed by atoms with van der Waals surface area (Å²) in [5.41, 5.74) is 0.0694. The van der Waals surface area contributed by atoms with Gasteiger partial charge in [-0.2, -0.15) is 0 Å². The lowest BCUT2D eigenvalue weighted by atomic mass is 10.1. The first kappa shape index (κ1) is 20.1. The number of halogens is 1. The molecule has 26 heavy (non-hydrogen) atoms. The van der Waals surface area contributed by atoms with E-state index in [1.54, 1.807) is 46.9 Å². The van der Waals surface area contributed by atoms with E-state index in [9.17, 15) is 17.6 Å². The molecule has 6 nitrogen and oxygen atoms in total. The second kappa shape index (κ2) is 7.20. The maximum Gasteiger partial charge on any atom is 0.289 e. The lowest BCUT2D eigenvalue weighted by Gasteiger charge is -2.24. The summed E-state index contributed by atoms with van der Waals surface area (Å²) in [6.45, 7) is 6.90. The fraction of sp³-hybridized carbons (Fsp3) is 0.389. The van der Waals surface area contributed by atoms with Gasteiger partial charge in [-0.3, -0.25) is 4.79 Å². The number of carbonyl (C=O) groups excluding carboxylic acids is 1. The van der Waals surface area contributed by atoms with Crippen molar-refractivity contribution in [2.24, 2.45) is 0 Å². The minimum Gasteiger partial charge on any atom is -0.438 e. The molecule has 0 aliphatic heterocycles. The predicted molar refractivity (Wildman–Crippen MR) is 95.7 cm³/mol. The van der Waals surface area contributed by atoms with Gasteiger partial charge in [0.15, 0.2) is 5.76 Å². The Hall–Kier alpha value is -2.19. The Kier molecular flexibility index (Phi) is 5.58. The molecule has 0 aliphatic carbocycles. The van der Waals surface area contributed by atoms with Crippen molar-refractivity contribution in [1.82, 2.24) is 9.62 Å². The molecule has 2 rings (SSSR count). The molecule has 1 atom stereocenters. The number of sulfonamides is 1. The molecule has 0 fully saturated rings. The molecule has 0 saturated heterocycles. The zero-order valence-corrected chi connectivity index (χ0v) is 16.2. The van der Waals surface area contributed by atoms with Crippen LogP contribution in [0.1, 0.15) is 49.9 Å².